The number of halogens is 2. The van der Waals surface area contributed by atoms with E-state index in [1.165, 1.54) is 16.5 Å². The number of benzene rings is 2. The van der Waals surface area contributed by atoms with Gasteiger partial charge >= 0.3 is 0 Å². The topological polar surface area (TPSA) is 49.6 Å². The lowest BCUT2D eigenvalue weighted by molar-refractivity contribution is -0.131. The molecule has 27 heavy (non-hydrogen) atoms. The van der Waals surface area contributed by atoms with E-state index < -0.39 is 5.82 Å². The van der Waals surface area contributed by atoms with Crippen LogP contribution < -0.4 is 5.73 Å². The number of likely N-dealkylation sites (tertiary alicyclic amines) is 1. The van der Waals surface area contributed by atoms with Crippen molar-refractivity contribution in [3.8, 4) is 0 Å². The molecule has 144 valence electrons. The van der Waals surface area contributed by atoms with E-state index in [4.69, 9.17) is 17.3 Å². The number of carbonyl (C=O) groups is 1. The lowest BCUT2D eigenvalue weighted by Crippen LogP contribution is -2.37. The molecule has 6 heteroatoms. The summed E-state index contributed by atoms with van der Waals surface area (Å²) in [5, 5.41) is 0.336. The molecule has 0 aliphatic carbocycles. The monoisotopic (exact) mass is 389 g/mol. The third-order valence-electron chi connectivity index (χ3n) is 5.29. The van der Waals surface area contributed by atoms with Crippen molar-refractivity contribution in [2.45, 2.75) is 12.5 Å². The van der Waals surface area contributed by atoms with Crippen LogP contribution in [-0.2, 0) is 11.3 Å². The molecular weight excluding hydrogens is 365 g/mol. The minimum atomic E-state index is -0.393. The lowest BCUT2D eigenvalue weighted by Gasteiger charge is -2.22. The van der Waals surface area contributed by atoms with E-state index in [9.17, 15) is 9.18 Å². The Labute approximate surface area is 164 Å². The summed E-state index contributed by atoms with van der Waals surface area (Å²) in [7, 11) is 1.68. The van der Waals surface area contributed by atoms with Gasteiger partial charge in [-0.1, -0.05) is 48.0 Å². The van der Waals surface area contributed by atoms with E-state index >= 15 is 0 Å². The first-order valence-corrected chi connectivity index (χ1v) is 9.51. The molecule has 3 rings (SSSR count). The maximum Gasteiger partial charge on any atom is 0.236 e. The van der Waals surface area contributed by atoms with Crippen LogP contribution in [0.5, 0.6) is 0 Å². The van der Waals surface area contributed by atoms with Crippen LogP contribution in [0.15, 0.2) is 48.5 Å². The van der Waals surface area contributed by atoms with Crippen molar-refractivity contribution in [3.05, 3.63) is 70.5 Å². The predicted octanol–water partition coefficient (Wildman–Crippen LogP) is 3.11. The summed E-state index contributed by atoms with van der Waals surface area (Å²) in [5.74, 6) is 0.205. The summed E-state index contributed by atoms with van der Waals surface area (Å²) in [6.07, 6.45) is 0. The van der Waals surface area contributed by atoms with Gasteiger partial charge in [0.25, 0.3) is 0 Å². The summed E-state index contributed by atoms with van der Waals surface area (Å²) in [6, 6.07) is 14.8. The molecule has 1 aliphatic rings. The van der Waals surface area contributed by atoms with Gasteiger partial charge in [0.1, 0.15) is 5.82 Å². The average Bonchev–Trinajstić information content (AvgIpc) is 3.08. The first-order chi connectivity index (χ1) is 13.0. The smallest absolute Gasteiger partial charge is 0.236 e. The zero-order chi connectivity index (χ0) is 19.4. The highest BCUT2D eigenvalue weighted by Gasteiger charge is 2.34. The number of carbonyl (C=O) groups excluding carboxylic acids is 1. The van der Waals surface area contributed by atoms with Gasteiger partial charge in [0.2, 0.25) is 5.91 Å². The molecule has 0 spiro atoms. The van der Waals surface area contributed by atoms with E-state index in [2.05, 4.69) is 17.0 Å². The highest BCUT2D eigenvalue weighted by atomic mass is 35.5. The third-order valence-corrected chi connectivity index (χ3v) is 5.64. The van der Waals surface area contributed by atoms with Gasteiger partial charge in [-0.25, -0.2) is 4.39 Å². The molecule has 2 aromatic carbocycles. The van der Waals surface area contributed by atoms with E-state index in [0.29, 0.717) is 35.5 Å². The molecule has 1 saturated heterocycles. The highest BCUT2D eigenvalue weighted by molar-refractivity contribution is 6.31. The van der Waals surface area contributed by atoms with Gasteiger partial charge in [-0.15, -0.1) is 0 Å². The van der Waals surface area contributed by atoms with Crippen molar-refractivity contribution in [1.29, 1.82) is 0 Å². The summed E-state index contributed by atoms with van der Waals surface area (Å²) in [6.45, 7) is 2.62. The van der Waals surface area contributed by atoms with Crippen LogP contribution in [0.4, 0.5) is 4.39 Å². The van der Waals surface area contributed by atoms with Crippen LogP contribution in [0.25, 0.3) is 0 Å². The van der Waals surface area contributed by atoms with Gasteiger partial charge in [-0.2, -0.15) is 0 Å². The normalized spacial score (nSPS) is 20.0. The molecule has 0 bridgehead atoms. The molecule has 2 N–H and O–H groups in total. The first-order valence-electron chi connectivity index (χ1n) is 9.13. The molecule has 0 radical (unpaired) electrons. The fourth-order valence-electron chi connectivity index (χ4n) is 3.73. The van der Waals surface area contributed by atoms with Crippen molar-refractivity contribution in [3.63, 3.8) is 0 Å². The standard InChI is InChI=1S/C21H25ClFN3O/c1-25(12-18-19(22)8-5-9-20(18)23)21(27)14-26-11-16(10-24)17(13-26)15-6-3-2-4-7-15/h2-9,16-17H,10-14,24H2,1H3/t16-,17+/m1/s1. The fraction of sp³-hybridized carbons (Fsp3) is 0.381. The van der Waals surface area contributed by atoms with E-state index in [1.54, 1.807) is 19.2 Å². The second kappa shape index (κ2) is 8.83. The summed E-state index contributed by atoms with van der Waals surface area (Å²) < 4.78 is 14.0. The fourth-order valence-corrected chi connectivity index (χ4v) is 3.95. The maximum absolute atomic E-state index is 14.0. The third kappa shape index (κ3) is 4.67. The molecule has 0 unspecified atom stereocenters. The quantitative estimate of drug-likeness (QED) is 0.825. The summed E-state index contributed by atoms with van der Waals surface area (Å²) in [5.41, 5.74) is 7.58. The number of amides is 1. The number of hydrogen-bond donors (Lipinski definition) is 1. The van der Waals surface area contributed by atoms with Crippen LogP contribution in [-0.4, -0.2) is 48.9 Å². The number of hydrogen-bond acceptors (Lipinski definition) is 3. The molecule has 1 fully saturated rings. The Bertz CT molecular complexity index is 766. The largest absolute Gasteiger partial charge is 0.340 e. The minimum Gasteiger partial charge on any atom is -0.340 e. The maximum atomic E-state index is 14.0. The number of rotatable bonds is 6. The van der Waals surface area contributed by atoms with Crippen LogP contribution in [0.1, 0.15) is 17.0 Å². The summed E-state index contributed by atoms with van der Waals surface area (Å²) >= 11 is 6.07. The van der Waals surface area contributed by atoms with Gasteiger partial charge in [0.15, 0.2) is 0 Å². The number of nitrogens with two attached hydrogens (primary N) is 1. The molecule has 1 aliphatic heterocycles. The van der Waals surface area contributed by atoms with E-state index in [0.717, 1.165) is 13.1 Å². The Balaban J connectivity index is 1.62. The van der Waals surface area contributed by atoms with Crippen molar-refractivity contribution in [2.75, 3.05) is 33.2 Å². The highest BCUT2D eigenvalue weighted by Crippen LogP contribution is 2.32. The Hall–Kier alpha value is -1.95. The Morgan fingerprint density at radius 1 is 1.22 bits per heavy atom. The molecule has 4 nitrogen and oxygen atoms in total. The van der Waals surface area contributed by atoms with E-state index in [1.807, 2.05) is 18.2 Å². The van der Waals surface area contributed by atoms with Crippen LogP contribution >= 0.6 is 11.6 Å². The average molecular weight is 390 g/mol. The second-order valence-corrected chi connectivity index (χ2v) is 7.56. The van der Waals surface area contributed by atoms with Crippen LogP contribution in [0.2, 0.25) is 5.02 Å². The predicted molar refractivity (Wildman–Crippen MR) is 106 cm³/mol. The molecular formula is C21H25ClFN3O. The van der Waals surface area contributed by atoms with Crippen LogP contribution in [0, 0.1) is 11.7 Å². The van der Waals surface area contributed by atoms with Gasteiger partial charge < -0.3 is 10.6 Å². The van der Waals surface area contributed by atoms with Crippen molar-refractivity contribution in [1.82, 2.24) is 9.80 Å². The van der Waals surface area contributed by atoms with Gasteiger partial charge in [0, 0.05) is 43.2 Å². The van der Waals surface area contributed by atoms with Gasteiger partial charge in [-0.3, -0.25) is 9.69 Å². The molecule has 1 amide bonds. The van der Waals surface area contributed by atoms with Gasteiger partial charge in [0.05, 0.1) is 6.54 Å². The number of nitrogens with zero attached hydrogens (tertiary/aromatic N) is 2. The number of likely N-dealkylation sites (N-methyl/N-ethyl adjacent to an activating group) is 1. The zero-order valence-electron chi connectivity index (χ0n) is 15.4. The molecule has 0 aromatic heterocycles. The Morgan fingerprint density at radius 2 is 1.96 bits per heavy atom. The molecule has 2 aromatic rings. The molecule has 0 saturated carbocycles. The van der Waals surface area contributed by atoms with E-state index in [-0.39, 0.29) is 12.5 Å². The minimum absolute atomic E-state index is 0.0567. The zero-order valence-corrected chi connectivity index (χ0v) is 16.2. The SMILES string of the molecule is CN(Cc1c(F)cccc1Cl)C(=O)CN1C[C@@H](CN)[C@H](c2ccccc2)C1. The van der Waals surface area contributed by atoms with Crippen molar-refractivity contribution >= 4 is 17.5 Å². The van der Waals surface area contributed by atoms with Gasteiger partial charge in [-0.05, 0) is 30.2 Å². The summed E-state index contributed by atoms with van der Waals surface area (Å²) in [4.78, 5) is 16.3. The molecule has 2 atom stereocenters. The second-order valence-electron chi connectivity index (χ2n) is 7.16. The lowest BCUT2D eigenvalue weighted by atomic mass is 9.89. The molecule has 1 heterocycles. The first kappa shape index (κ1) is 19.8. The van der Waals surface area contributed by atoms with Crippen molar-refractivity contribution < 1.29 is 9.18 Å². The van der Waals surface area contributed by atoms with Crippen LogP contribution in [0.3, 0.4) is 0 Å². The Kier molecular flexibility index (Phi) is 6.47. The Morgan fingerprint density at radius 3 is 2.63 bits per heavy atom. The van der Waals surface area contributed by atoms with Crippen molar-refractivity contribution in [2.24, 2.45) is 11.7 Å².